The standard InChI is InChI=1S/C18H17FN4OS/c1-12-6-8-13(9-7-12)10-20-16(24)11-25-18-21-17(22-23-18)14-4-2-3-5-15(14)19/h2-9H,10-11H2,1H3,(H,20,24)(H,21,22,23). The Hall–Kier alpha value is -2.67. The number of carbonyl (C=O) groups excluding carboxylic acids is 1. The fourth-order valence-corrected chi connectivity index (χ4v) is 2.80. The molecule has 0 aliphatic heterocycles. The monoisotopic (exact) mass is 356 g/mol. The lowest BCUT2D eigenvalue weighted by Crippen LogP contribution is -2.24. The van der Waals surface area contributed by atoms with Crippen molar-refractivity contribution in [2.75, 3.05) is 5.75 Å². The van der Waals surface area contributed by atoms with E-state index in [4.69, 9.17) is 0 Å². The van der Waals surface area contributed by atoms with Gasteiger partial charge >= 0.3 is 0 Å². The second-order valence-electron chi connectivity index (χ2n) is 5.50. The maximum atomic E-state index is 13.7. The Kier molecular flexibility index (Phi) is 5.45. The number of hydrogen-bond acceptors (Lipinski definition) is 4. The molecule has 1 heterocycles. The summed E-state index contributed by atoms with van der Waals surface area (Å²) in [5.74, 6) is 0.0648. The van der Waals surface area contributed by atoms with Gasteiger partial charge in [-0.1, -0.05) is 53.7 Å². The van der Waals surface area contributed by atoms with E-state index in [-0.39, 0.29) is 17.5 Å². The molecule has 0 fully saturated rings. The van der Waals surface area contributed by atoms with Crippen molar-refractivity contribution in [3.8, 4) is 11.4 Å². The Morgan fingerprint density at radius 3 is 2.72 bits per heavy atom. The van der Waals surface area contributed by atoms with E-state index in [0.29, 0.717) is 23.1 Å². The van der Waals surface area contributed by atoms with Crippen LogP contribution < -0.4 is 5.32 Å². The van der Waals surface area contributed by atoms with Crippen molar-refractivity contribution in [3.05, 3.63) is 65.5 Å². The van der Waals surface area contributed by atoms with Crippen LogP contribution in [0.4, 0.5) is 4.39 Å². The van der Waals surface area contributed by atoms with Gasteiger partial charge in [-0.2, -0.15) is 0 Å². The van der Waals surface area contributed by atoms with Crippen molar-refractivity contribution in [3.63, 3.8) is 0 Å². The van der Waals surface area contributed by atoms with E-state index in [9.17, 15) is 9.18 Å². The molecule has 25 heavy (non-hydrogen) atoms. The van der Waals surface area contributed by atoms with Gasteiger partial charge in [-0.05, 0) is 24.6 Å². The molecule has 3 aromatic rings. The van der Waals surface area contributed by atoms with Crippen LogP contribution >= 0.6 is 11.8 Å². The lowest BCUT2D eigenvalue weighted by molar-refractivity contribution is -0.118. The fourth-order valence-electron chi connectivity index (χ4n) is 2.17. The molecule has 0 unspecified atom stereocenters. The van der Waals surface area contributed by atoms with Crippen molar-refractivity contribution in [2.24, 2.45) is 0 Å². The van der Waals surface area contributed by atoms with E-state index in [0.717, 1.165) is 5.56 Å². The minimum absolute atomic E-state index is 0.109. The normalized spacial score (nSPS) is 10.6. The molecule has 0 radical (unpaired) electrons. The summed E-state index contributed by atoms with van der Waals surface area (Å²) in [6, 6.07) is 14.3. The number of H-pyrrole nitrogens is 1. The molecule has 0 atom stereocenters. The number of thioether (sulfide) groups is 1. The van der Waals surface area contributed by atoms with Crippen LogP contribution in [0.25, 0.3) is 11.4 Å². The lowest BCUT2D eigenvalue weighted by Gasteiger charge is -2.04. The Labute approximate surface area is 149 Å². The zero-order chi connectivity index (χ0) is 17.6. The molecule has 0 aliphatic rings. The Morgan fingerprint density at radius 1 is 1.20 bits per heavy atom. The number of hydrogen-bond donors (Lipinski definition) is 2. The van der Waals surface area contributed by atoms with Crippen molar-refractivity contribution in [1.29, 1.82) is 0 Å². The number of amides is 1. The highest BCUT2D eigenvalue weighted by Gasteiger charge is 2.11. The van der Waals surface area contributed by atoms with Crippen LogP contribution in [0.5, 0.6) is 0 Å². The Bertz CT molecular complexity index is 864. The molecule has 0 saturated carbocycles. The maximum absolute atomic E-state index is 13.7. The van der Waals surface area contributed by atoms with Crippen molar-refractivity contribution < 1.29 is 9.18 Å². The van der Waals surface area contributed by atoms with Crippen LogP contribution in [-0.4, -0.2) is 26.8 Å². The zero-order valence-corrected chi connectivity index (χ0v) is 14.4. The smallest absolute Gasteiger partial charge is 0.230 e. The van der Waals surface area contributed by atoms with Crippen LogP contribution in [0.15, 0.2) is 53.7 Å². The number of benzene rings is 2. The second-order valence-corrected chi connectivity index (χ2v) is 6.44. The summed E-state index contributed by atoms with van der Waals surface area (Å²) in [6.45, 7) is 2.50. The zero-order valence-electron chi connectivity index (χ0n) is 13.6. The summed E-state index contributed by atoms with van der Waals surface area (Å²) >= 11 is 1.20. The maximum Gasteiger partial charge on any atom is 0.230 e. The van der Waals surface area contributed by atoms with Crippen LogP contribution in [0.1, 0.15) is 11.1 Å². The van der Waals surface area contributed by atoms with Gasteiger partial charge in [0, 0.05) is 6.54 Å². The average Bonchev–Trinajstić information content (AvgIpc) is 3.08. The molecule has 5 nitrogen and oxygen atoms in total. The topological polar surface area (TPSA) is 70.7 Å². The highest BCUT2D eigenvalue weighted by atomic mass is 32.2. The highest BCUT2D eigenvalue weighted by molar-refractivity contribution is 7.99. The number of rotatable bonds is 6. The molecule has 0 saturated heterocycles. The van der Waals surface area contributed by atoms with E-state index in [2.05, 4.69) is 20.5 Å². The first-order valence-electron chi connectivity index (χ1n) is 7.74. The SMILES string of the molecule is Cc1ccc(CNC(=O)CSc2n[nH]c(-c3ccccc3F)n2)cc1. The van der Waals surface area contributed by atoms with Gasteiger partial charge in [0.15, 0.2) is 5.82 Å². The predicted molar refractivity (Wildman–Crippen MR) is 95.5 cm³/mol. The molecule has 0 bridgehead atoms. The van der Waals surface area contributed by atoms with Gasteiger partial charge in [0.25, 0.3) is 0 Å². The second kappa shape index (κ2) is 7.94. The first-order chi connectivity index (χ1) is 12.1. The molecule has 2 aromatic carbocycles. The van der Waals surface area contributed by atoms with Gasteiger partial charge in [0.1, 0.15) is 5.82 Å². The van der Waals surface area contributed by atoms with E-state index < -0.39 is 0 Å². The van der Waals surface area contributed by atoms with Gasteiger partial charge in [-0.25, -0.2) is 9.37 Å². The van der Waals surface area contributed by atoms with Crippen LogP contribution in [-0.2, 0) is 11.3 Å². The quantitative estimate of drug-likeness (QED) is 0.665. The van der Waals surface area contributed by atoms with Crippen molar-refractivity contribution >= 4 is 17.7 Å². The minimum Gasteiger partial charge on any atom is -0.351 e. The average molecular weight is 356 g/mol. The highest BCUT2D eigenvalue weighted by Crippen LogP contribution is 2.21. The van der Waals surface area contributed by atoms with Gasteiger partial charge in [0.2, 0.25) is 11.1 Å². The summed E-state index contributed by atoms with van der Waals surface area (Å²) in [6.07, 6.45) is 0. The Morgan fingerprint density at radius 2 is 1.96 bits per heavy atom. The number of nitrogens with zero attached hydrogens (tertiary/aromatic N) is 2. The number of carbonyl (C=O) groups is 1. The summed E-state index contributed by atoms with van der Waals surface area (Å²) < 4.78 is 13.7. The molecular weight excluding hydrogens is 339 g/mol. The third-order valence-corrected chi connectivity index (χ3v) is 4.38. The van der Waals surface area contributed by atoms with Crippen LogP contribution in [0, 0.1) is 12.7 Å². The van der Waals surface area contributed by atoms with Crippen molar-refractivity contribution in [2.45, 2.75) is 18.6 Å². The van der Waals surface area contributed by atoms with Crippen LogP contribution in [0.3, 0.4) is 0 Å². The number of aromatic amines is 1. The number of nitrogens with one attached hydrogen (secondary N) is 2. The lowest BCUT2D eigenvalue weighted by atomic mass is 10.1. The molecule has 0 aliphatic carbocycles. The molecule has 0 spiro atoms. The first-order valence-corrected chi connectivity index (χ1v) is 8.73. The molecule has 1 aromatic heterocycles. The fraction of sp³-hybridized carbons (Fsp3) is 0.167. The summed E-state index contributed by atoms with van der Waals surface area (Å²) in [5.41, 5.74) is 2.58. The molecule has 1 amide bonds. The molecular formula is C18H17FN4OS. The van der Waals surface area contributed by atoms with E-state index >= 15 is 0 Å². The molecule has 128 valence electrons. The third kappa shape index (κ3) is 4.67. The summed E-state index contributed by atoms with van der Waals surface area (Å²) in [7, 11) is 0. The minimum atomic E-state index is -0.369. The number of aryl methyl sites for hydroxylation is 1. The van der Waals surface area contributed by atoms with Crippen LogP contribution in [0.2, 0.25) is 0 Å². The molecule has 2 N–H and O–H groups in total. The number of aromatic nitrogens is 3. The van der Waals surface area contributed by atoms with Gasteiger partial charge < -0.3 is 5.32 Å². The van der Waals surface area contributed by atoms with E-state index in [1.807, 2.05) is 31.2 Å². The Balaban J connectivity index is 1.51. The summed E-state index contributed by atoms with van der Waals surface area (Å²) in [4.78, 5) is 16.1. The largest absolute Gasteiger partial charge is 0.351 e. The first kappa shape index (κ1) is 17.2. The van der Waals surface area contributed by atoms with E-state index in [1.54, 1.807) is 18.2 Å². The molecule has 7 heteroatoms. The van der Waals surface area contributed by atoms with Crippen molar-refractivity contribution in [1.82, 2.24) is 20.5 Å². The summed E-state index contributed by atoms with van der Waals surface area (Å²) in [5, 5.41) is 9.97. The number of halogens is 1. The van der Waals surface area contributed by atoms with Gasteiger partial charge in [-0.15, -0.1) is 5.10 Å². The van der Waals surface area contributed by atoms with Gasteiger partial charge in [0.05, 0.1) is 11.3 Å². The van der Waals surface area contributed by atoms with E-state index in [1.165, 1.54) is 23.4 Å². The predicted octanol–water partition coefficient (Wildman–Crippen LogP) is 3.33. The molecule has 3 rings (SSSR count). The van der Waals surface area contributed by atoms with Gasteiger partial charge in [-0.3, -0.25) is 9.89 Å². The third-order valence-electron chi connectivity index (χ3n) is 3.54.